The summed E-state index contributed by atoms with van der Waals surface area (Å²) < 4.78 is 14.5. The summed E-state index contributed by atoms with van der Waals surface area (Å²) >= 11 is 1.35. The van der Waals surface area contributed by atoms with Crippen LogP contribution in [-0.2, 0) is 9.59 Å². The SMILES string of the molecule is Cc1ccc2nc(NC(=O)C3CC(=O)N(c4ccc(F)c([N+](=O)[O-])c4)C3)sc2c1. The number of hydrogen-bond donors (Lipinski definition) is 1. The molecule has 1 fully saturated rings. The number of thiazole rings is 1. The van der Waals surface area contributed by atoms with Crippen molar-refractivity contribution in [2.75, 3.05) is 16.8 Å². The van der Waals surface area contributed by atoms with Gasteiger partial charge in [0.15, 0.2) is 5.13 Å². The first-order valence-corrected chi connectivity index (χ1v) is 9.56. The highest BCUT2D eigenvalue weighted by Gasteiger charge is 2.36. The van der Waals surface area contributed by atoms with Crippen molar-refractivity contribution in [2.24, 2.45) is 5.92 Å². The van der Waals surface area contributed by atoms with Crippen molar-refractivity contribution in [2.45, 2.75) is 13.3 Å². The quantitative estimate of drug-likeness (QED) is 0.518. The number of anilines is 2. The molecule has 1 atom stereocenters. The normalized spacial score (nSPS) is 16.4. The van der Waals surface area contributed by atoms with Crippen LogP contribution in [0.1, 0.15) is 12.0 Å². The Labute approximate surface area is 168 Å². The molecule has 4 rings (SSSR count). The van der Waals surface area contributed by atoms with Crippen LogP contribution in [0.25, 0.3) is 10.2 Å². The average molecular weight is 414 g/mol. The van der Waals surface area contributed by atoms with Gasteiger partial charge in [-0.05, 0) is 36.8 Å². The first kappa shape index (κ1) is 18.9. The Kier molecular flexibility index (Phi) is 4.71. The third-order valence-electron chi connectivity index (χ3n) is 4.71. The van der Waals surface area contributed by atoms with Crippen LogP contribution >= 0.6 is 11.3 Å². The van der Waals surface area contributed by atoms with Gasteiger partial charge in [0.05, 0.1) is 26.7 Å². The number of nitrogens with zero attached hydrogens (tertiary/aromatic N) is 3. The van der Waals surface area contributed by atoms with Crippen LogP contribution in [-0.4, -0.2) is 28.3 Å². The van der Waals surface area contributed by atoms with Crippen molar-refractivity contribution in [1.82, 2.24) is 4.98 Å². The summed E-state index contributed by atoms with van der Waals surface area (Å²) in [6.07, 6.45) is -0.0407. The van der Waals surface area contributed by atoms with Gasteiger partial charge >= 0.3 is 5.69 Å². The van der Waals surface area contributed by atoms with Crippen LogP contribution in [0.5, 0.6) is 0 Å². The number of aromatic nitrogens is 1. The van der Waals surface area contributed by atoms with Gasteiger partial charge in [-0.3, -0.25) is 19.7 Å². The van der Waals surface area contributed by atoms with Crippen LogP contribution in [0, 0.1) is 28.8 Å². The van der Waals surface area contributed by atoms with Gasteiger partial charge in [0.2, 0.25) is 17.6 Å². The summed E-state index contributed by atoms with van der Waals surface area (Å²) in [6.45, 7) is 2.02. The average Bonchev–Trinajstić information content (AvgIpc) is 3.24. The molecule has 2 heterocycles. The van der Waals surface area contributed by atoms with Crippen molar-refractivity contribution in [1.29, 1.82) is 0 Å². The summed E-state index contributed by atoms with van der Waals surface area (Å²) in [6, 6.07) is 9.02. The zero-order valence-corrected chi connectivity index (χ0v) is 16.0. The van der Waals surface area contributed by atoms with Crippen LogP contribution < -0.4 is 10.2 Å². The molecule has 0 spiro atoms. The van der Waals surface area contributed by atoms with Crippen molar-refractivity contribution in [3.8, 4) is 0 Å². The summed E-state index contributed by atoms with van der Waals surface area (Å²) in [5.74, 6) is -2.33. The fourth-order valence-electron chi connectivity index (χ4n) is 3.23. The van der Waals surface area contributed by atoms with E-state index in [1.54, 1.807) is 0 Å². The number of carbonyl (C=O) groups is 2. The maximum Gasteiger partial charge on any atom is 0.306 e. The molecule has 29 heavy (non-hydrogen) atoms. The summed E-state index contributed by atoms with van der Waals surface area (Å²) in [7, 11) is 0. The number of nitro groups is 1. The largest absolute Gasteiger partial charge is 0.311 e. The first-order chi connectivity index (χ1) is 13.8. The van der Waals surface area contributed by atoms with Crippen molar-refractivity contribution < 1.29 is 18.9 Å². The van der Waals surface area contributed by atoms with E-state index in [1.165, 1.54) is 22.3 Å². The Morgan fingerprint density at radius 2 is 2.14 bits per heavy atom. The minimum Gasteiger partial charge on any atom is -0.311 e. The van der Waals surface area contributed by atoms with Gasteiger partial charge in [-0.1, -0.05) is 17.4 Å². The molecule has 1 aromatic heterocycles. The number of rotatable bonds is 4. The number of benzene rings is 2. The minimum absolute atomic E-state index is 0.0407. The highest BCUT2D eigenvalue weighted by atomic mass is 32.1. The van der Waals surface area contributed by atoms with E-state index >= 15 is 0 Å². The second kappa shape index (κ2) is 7.21. The predicted octanol–water partition coefficient (Wildman–Crippen LogP) is 3.64. The molecule has 0 radical (unpaired) electrons. The number of halogens is 1. The van der Waals surface area contributed by atoms with E-state index in [1.807, 2.05) is 25.1 Å². The molecule has 1 aliphatic heterocycles. The predicted molar refractivity (Wildman–Crippen MR) is 107 cm³/mol. The van der Waals surface area contributed by atoms with Gasteiger partial charge in [-0.15, -0.1) is 0 Å². The maximum atomic E-state index is 13.5. The van der Waals surface area contributed by atoms with Gasteiger partial charge in [0, 0.05) is 19.0 Å². The molecule has 148 valence electrons. The van der Waals surface area contributed by atoms with E-state index in [0.717, 1.165) is 27.9 Å². The Morgan fingerprint density at radius 1 is 1.34 bits per heavy atom. The minimum atomic E-state index is -0.981. The zero-order valence-electron chi connectivity index (χ0n) is 15.2. The summed E-state index contributed by atoms with van der Waals surface area (Å²) in [5, 5.41) is 14.1. The molecule has 3 aromatic rings. The Morgan fingerprint density at radius 3 is 2.90 bits per heavy atom. The Hall–Kier alpha value is -3.40. The Balaban J connectivity index is 1.50. The fraction of sp³-hybridized carbons (Fsp3) is 0.211. The molecule has 10 heteroatoms. The van der Waals surface area contributed by atoms with E-state index in [9.17, 15) is 24.1 Å². The van der Waals surface area contributed by atoms with Crippen LogP contribution in [0.2, 0.25) is 0 Å². The maximum absolute atomic E-state index is 13.5. The van der Waals surface area contributed by atoms with E-state index in [0.29, 0.717) is 5.13 Å². The summed E-state index contributed by atoms with van der Waals surface area (Å²) in [4.78, 5) is 40.7. The number of amides is 2. The third kappa shape index (κ3) is 3.66. The van der Waals surface area contributed by atoms with E-state index in [2.05, 4.69) is 10.3 Å². The lowest BCUT2D eigenvalue weighted by atomic mass is 10.1. The molecule has 2 amide bonds. The molecule has 0 bridgehead atoms. The first-order valence-electron chi connectivity index (χ1n) is 8.74. The van der Waals surface area contributed by atoms with Gasteiger partial charge in [0.25, 0.3) is 0 Å². The molecule has 0 saturated carbocycles. The molecule has 1 unspecified atom stereocenters. The van der Waals surface area contributed by atoms with E-state index in [-0.39, 0.29) is 30.5 Å². The zero-order chi connectivity index (χ0) is 20.7. The van der Waals surface area contributed by atoms with E-state index in [4.69, 9.17) is 0 Å². The highest BCUT2D eigenvalue weighted by Crippen LogP contribution is 2.31. The topological polar surface area (TPSA) is 105 Å². The number of carbonyl (C=O) groups excluding carboxylic acids is 2. The van der Waals surface area contributed by atoms with Crippen LogP contribution in [0.4, 0.5) is 20.9 Å². The van der Waals surface area contributed by atoms with Crippen LogP contribution in [0.3, 0.4) is 0 Å². The second-order valence-electron chi connectivity index (χ2n) is 6.78. The lowest BCUT2D eigenvalue weighted by Gasteiger charge is -2.16. The van der Waals surface area contributed by atoms with Crippen molar-refractivity contribution in [3.63, 3.8) is 0 Å². The lowest BCUT2D eigenvalue weighted by Crippen LogP contribution is -2.28. The molecule has 8 nitrogen and oxygen atoms in total. The number of nitrogens with one attached hydrogen (secondary N) is 1. The lowest BCUT2D eigenvalue weighted by molar-refractivity contribution is -0.387. The van der Waals surface area contributed by atoms with Gasteiger partial charge < -0.3 is 10.2 Å². The standard InChI is InChI=1S/C19H15FN4O4S/c1-10-2-5-14-16(6-10)29-19(21-14)22-18(26)11-7-17(25)23(9-11)12-3-4-13(20)15(8-12)24(27)28/h2-6,8,11H,7,9H2,1H3,(H,21,22,26). The summed E-state index contributed by atoms with van der Waals surface area (Å²) in [5.41, 5.74) is 1.34. The van der Waals surface area contributed by atoms with Gasteiger partial charge in [-0.25, -0.2) is 4.98 Å². The number of nitro benzene ring substituents is 1. The molecular formula is C19H15FN4O4S. The Bertz CT molecular complexity index is 1160. The molecule has 1 N–H and O–H groups in total. The number of aryl methyl sites for hydroxylation is 1. The van der Waals surface area contributed by atoms with Gasteiger partial charge in [0.1, 0.15) is 0 Å². The smallest absolute Gasteiger partial charge is 0.306 e. The van der Waals surface area contributed by atoms with Crippen LogP contribution in [0.15, 0.2) is 36.4 Å². The number of hydrogen-bond acceptors (Lipinski definition) is 6. The molecule has 0 aliphatic carbocycles. The monoisotopic (exact) mass is 414 g/mol. The van der Waals surface area contributed by atoms with Crippen molar-refractivity contribution in [3.05, 3.63) is 57.9 Å². The highest BCUT2D eigenvalue weighted by molar-refractivity contribution is 7.22. The molecule has 2 aromatic carbocycles. The molecule has 1 saturated heterocycles. The van der Waals surface area contributed by atoms with E-state index < -0.39 is 22.3 Å². The van der Waals surface area contributed by atoms with Gasteiger partial charge in [-0.2, -0.15) is 4.39 Å². The fourth-order valence-corrected chi connectivity index (χ4v) is 4.20. The number of fused-ring (bicyclic) bond motifs is 1. The molecular weight excluding hydrogens is 399 g/mol. The second-order valence-corrected chi connectivity index (χ2v) is 7.81. The van der Waals surface area contributed by atoms with Crippen molar-refractivity contribution >= 4 is 49.9 Å². The third-order valence-corrected chi connectivity index (χ3v) is 5.64. The molecule has 1 aliphatic rings.